The van der Waals surface area contributed by atoms with Crippen molar-refractivity contribution < 1.29 is 0 Å². The fraction of sp³-hybridized carbons (Fsp3) is 0. The molecule has 0 unspecified atom stereocenters. The van der Waals surface area contributed by atoms with Gasteiger partial charge in [-0.2, -0.15) is 0 Å². The Bertz CT molecular complexity index is 3120. The monoisotopic (exact) mass is 630 g/mol. The van der Waals surface area contributed by atoms with Crippen molar-refractivity contribution >= 4 is 75.4 Å². The van der Waals surface area contributed by atoms with E-state index in [1.54, 1.807) is 0 Å². The molecule has 11 rings (SSSR count). The van der Waals surface area contributed by atoms with Crippen molar-refractivity contribution in [1.29, 1.82) is 0 Å². The molecular weight excluding hydrogens is 601 g/mol. The Kier molecular flexibility index (Phi) is 5.76. The van der Waals surface area contributed by atoms with Gasteiger partial charge in [-0.25, -0.2) is 0 Å². The lowest BCUT2D eigenvalue weighted by Gasteiger charge is -2.23. The highest BCUT2D eigenvalue weighted by Gasteiger charge is 2.24. The average molecular weight is 631 g/mol. The van der Waals surface area contributed by atoms with Crippen LogP contribution in [0.25, 0.3) is 109 Å². The van der Waals surface area contributed by atoms with Crippen LogP contribution in [0, 0.1) is 0 Å². The van der Waals surface area contributed by atoms with Crippen molar-refractivity contribution in [2.45, 2.75) is 0 Å². The third-order valence-electron chi connectivity index (χ3n) is 11.0. The zero-order valence-electron chi connectivity index (χ0n) is 27.3. The van der Waals surface area contributed by atoms with Crippen LogP contribution in [0.4, 0.5) is 0 Å². The van der Waals surface area contributed by atoms with Crippen molar-refractivity contribution in [3.63, 3.8) is 0 Å². The first-order chi connectivity index (χ1) is 24.9. The van der Waals surface area contributed by atoms with Gasteiger partial charge >= 0.3 is 0 Å². The molecule has 0 radical (unpaired) electrons. The smallest absolute Gasteiger partial charge is 0.000740 e. The molecule has 0 aliphatic heterocycles. The molecule has 0 aliphatic rings. The molecule has 0 bridgehead atoms. The lowest BCUT2D eigenvalue weighted by atomic mass is 9.79. The van der Waals surface area contributed by atoms with Gasteiger partial charge in [-0.3, -0.25) is 0 Å². The summed E-state index contributed by atoms with van der Waals surface area (Å²) in [5.74, 6) is 0. The second-order valence-electron chi connectivity index (χ2n) is 13.5. The summed E-state index contributed by atoms with van der Waals surface area (Å²) in [7, 11) is 0. The second kappa shape index (κ2) is 10.5. The number of fused-ring (bicyclic) bond motifs is 7. The van der Waals surface area contributed by atoms with E-state index in [-0.39, 0.29) is 0 Å². The molecule has 0 atom stereocenters. The summed E-state index contributed by atoms with van der Waals surface area (Å²) in [6.07, 6.45) is 0. The fourth-order valence-electron chi connectivity index (χ4n) is 9.02. The van der Waals surface area contributed by atoms with Gasteiger partial charge in [0.1, 0.15) is 0 Å². The SMILES string of the molecule is c1ccc(-c2ccc(-c3c4ccccc4c4c5c3cccc5c3cccc5c(-c6ccccc6)c6ccccc6c4c53)c3ccccc23)cc1. The fourth-order valence-corrected chi connectivity index (χ4v) is 9.02. The van der Waals surface area contributed by atoms with Crippen LogP contribution in [0.3, 0.4) is 0 Å². The third-order valence-corrected chi connectivity index (χ3v) is 11.0. The normalized spacial score (nSPS) is 12.0. The molecule has 0 saturated carbocycles. The van der Waals surface area contributed by atoms with Crippen LogP contribution in [0.15, 0.2) is 182 Å². The van der Waals surface area contributed by atoms with E-state index in [0.29, 0.717) is 0 Å². The standard InChI is InChI=1S/C50H30/c1-3-15-31(16-4-1)33-29-30-42(35-20-8-7-19-34(33)35)46-37-22-10-12-24-41(37)50-48-39(26-14-28-44(46)48)38-25-13-27-43-45(32-17-5-2-6-18-32)36-21-9-11-23-40(36)49(50)47(38)43/h1-30H. The number of hydrogen-bond acceptors (Lipinski definition) is 0. The van der Waals surface area contributed by atoms with E-state index in [0.717, 1.165) is 0 Å². The van der Waals surface area contributed by atoms with Gasteiger partial charge in [-0.1, -0.05) is 182 Å². The minimum absolute atomic E-state index is 1.24. The predicted octanol–water partition coefficient (Wildman–Crippen LogP) is 14.2. The lowest BCUT2D eigenvalue weighted by Crippen LogP contribution is -1.95. The number of rotatable bonds is 3. The minimum atomic E-state index is 1.24. The molecule has 0 heterocycles. The molecule has 50 heavy (non-hydrogen) atoms. The summed E-state index contributed by atoms with van der Waals surface area (Å²) < 4.78 is 0. The van der Waals surface area contributed by atoms with Crippen LogP contribution in [-0.4, -0.2) is 0 Å². The lowest BCUT2D eigenvalue weighted by molar-refractivity contribution is 1.65. The molecular formula is C50H30. The first kappa shape index (κ1) is 27.5. The van der Waals surface area contributed by atoms with E-state index in [1.165, 1.54) is 109 Å². The topological polar surface area (TPSA) is 0 Å². The van der Waals surface area contributed by atoms with E-state index in [2.05, 4.69) is 182 Å². The van der Waals surface area contributed by atoms with Gasteiger partial charge in [0.05, 0.1) is 0 Å². The maximum absolute atomic E-state index is 2.36. The Hall–Kier alpha value is -6.50. The Labute approximate surface area is 289 Å². The molecule has 0 nitrogen and oxygen atoms in total. The minimum Gasteiger partial charge on any atom is -0.0622 e. The number of hydrogen-bond donors (Lipinski definition) is 0. The quantitative estimate of drug-likeness (QED) is 0.135. The molecule has 0 amide bonds. The van der Waals surface area contributed by atoms with Crippen molar-refractivity contribution in [2.24, 2.45) is 0 Å². The molecule has 0 fully saturated rings. The molecule has 11 aromatic rings. The van der Waals surface area contributed by atoms with Gasteiger partial charge in [0.2, 0.25) is 0 Å². The average Bonchev–Trinajstić information content (AvgIpc) is 3.19. The summed E-state index contributed by atoms with van der Waals surface area (Å²) in [6.45, 7) is 0. The van der Waals surface area contributed by atoms with E-state index in [9.17, 15) is 0 Å². The van der Waals surface area contributed by atoms with Crippen molar-refractivity contribution in [3.8, 4) is 33.4 Å². The van der Waals surface area contributed by atoms with Crippen molar-refractivity contribution in [1.82, 2.24) is 0 Å². The summed E-state index contributed by atoms with van der Waals surface area (Å²) in [4.78, 5) is 0. The van der Waals surface area contributed by atoms with E-state index >= 15 is 0 Å². The van der Waals surface area contributed by atoms with E-state index in [1.807, 2.05) is 0 Å². The highest BCUT2D eigenvalue weighted by atomic mass is 14.3. The van der Waals surface area contributed by atoms with Gasteiger partial charge in [0, 0.05) is 0 Å². The molecule has 0 heteroatoms. The molecule has 11 aromatic carbocycles. The molecule has 0 aliphatic carbocycles. The van der Waals surface area contributed by atoms with Crippen LogP contribution in [0.2, 0.25) is 0 Å². The Balaban J connectivity index is 1.37. The molecule has 0 N–H and O–H groups in total. The van der Waals surface area contributed by atoms with Crippen molar-refractivity contribution in [3.05, 3.63) is 182 Å². The largest absolute Gasteiger partial charge is 0.0622 e. The van der Waals surface area contributed by atoms with Crippen LogP contribution < -0.4 is 0 Å². The van der Waals surface area contributed by atoms with Crippen LogP contribution in [-0.2, 0) is 0 Å². The summed E-state index contributed by atoms with van der Waals surface area (Å²) in [5, 5.41) is 18.3. The summed E-state index contributed by atoms with van der Waals surface area (Å²) in [6, 6.07) is 67.4. The first-order valence-electron chi connectivity index (χ1n) is 17.5. The second-order valence-corrected chi connectivity index (χ2v) is 13.5. The van der Waals surface area contributed by atoms with Crippen LogP contribution >= 0.6 is 0 Å². The highest BCUT2D eigenvalue weighted by molar-refractivity contribution is 6.45. The van der Waals surface area contributed by atoms with Crippen LogP contribution in [0.5, 0.6) is 0 Å². The van der Waals surface area contributed by atoms with Crippen LogP contribution in [0.1, 0.15) is 0 Å². The Morgan fingerprint density at radius 3 is 1.12 bits per heavy atom. The highest BCUT2D eigenvalue weighted by Crippen LogP contribution is 2.52. The van der Waals surface area contributed by atoms with Gasteiger partial charge in [0.25, 0.3) is 0 Å². The molecule has 230 valence electrons. The molecule has 0 saturated heterocycles. The van der Waals surface area contributed by atoms with Crippen molar-refractivity contribution in [2.75, 3.05) is 0 Å². The van der Waals surface area contributed by atoms with Gasteiger partial charge in [-0.05, 0) is 109 Å². The predicted molar refractivity (Wildman–Crippen MR) is 216 cm³/mol. The van der Waals surface area contributed by atoms with E-state index in [4.69, 9.17) is 0 Å². The van der Waals surface area contributed by atoms with Gasteiger partial charge in [-0.15, -0.1) is 0 Å². The first-order valence-corrected chi connectivity index (χ1v) is 17.5. The Morgan fingerprint density at radius 1 is 0.180 bits per heavy atom. The summed E-state index contributed by atoms with van der Waals surface area (Å²) >= 11 is 0. The Morgan fingerprint density at radius 2 is 0.540 bits per heavy atom. The third kappa shape index (κ3) is 3.71. The zero-order chi connectivity index (χ0) is 32.8. The van der Waals surface area contributed by atoms with Gasteiger partial charge in [0.15, 0.2) is 0 Å². The molecule has 0 spiro atoms. The van der Waals surface area contributed by atoms with E-state index < -0.39 is 0 Å². The number of benzene rings is 11. The maximum atomic E-state index is 2.36. The maximum Gasteiger partial charge on any atom is -0.000740 e. The zero-order valence-corrected chi connectivity index (χ0v) is 27.3. The van der Waals surface area contributed by atoms with Gasteiger partial charge < -0.3 is 0 Å². The molecule has 0 aromatic heterocycles. The summed E-state index contributed by atoms with van der Waals surface area (Å²) in [5.41, 5.74) is 7.64.